The Labute approximate surface area is 116 Å². The predicted molar refractivity (Wildman–Crippen MR) is 72.6 cm³/mol. The molecular formula is C13H16ClNO4. The van der Waals surface area contributed by atoms with E-state index in [1.807, 2.05) is 0 Å². The normalized spacial score (nSPS) is 9.84. The highest BCUT2D eigenvalue weighted by atomic mass is 35.5. The van der Waals surface area contributed by atoms with Crippen molar-refractivity contribution in [3.05, 3.63) is 35.4 Å². The Balaban J connectivity index is 2.77. The predicted octanol–water partition coefficient (Wildman–Crippen LogP) is 1.52. The van der Waals surface area contributed by atoms with Gasteiger partial charge in [0.25, 0.3) is 5.91 Å². The summed E-state index contributed by atoms with van der Waals surface area (Å²) >= 11 is 6.02. The first-order chi connectivity index (χ1) is 9.12. The van der Waals surface area contributed by atoms with Gasteiger partial charge in [0.2, 0.25) is 0 Å². The van der Waals surface area contributed by atoms with Crippen LogP contribution in [-0.4, -0.2) is 31.3 Å². The average molecular weight is 286 g/mol. The largest absolute Gasteiger partial charge is 0.493 e. The Hall–Kier alpha value is -1.72. The van der Waals surface area contributed by atoms with Crippen LogP contribution in [0, 0.1) is 0 Å². The molecule has 0 fully saturated rings. The van der Waals surface area contributed by atoms with Crippen molar-refractivity contribution < 1.29 is 19.4 Å². The molecule has 0 heterocycles. The molecule has 0 aromatic heterocycles. The topological polar surface area (TPSA) is 67.8 Å². The maximum atomic E-state index is 11.4. The molecule has 104 valence electrons. The monoisotopic (exact) mass is 285 g/mol. The number of nitrogens with one attached hydrogen (secondary N) is 1. The number of hydrogen-bond acceptors (Lipinski definition) is 4. The summed E-state index contributed by atoms with van der Waals surface area (Å²) in [5.74, 6) is 0.354. The van der Waals surface area contributed by atoms with E-state index in [2.05, 4.69) is 11.9 Å². The van der Waals surface area contributed by atoms with Crippen molar-refractivity contribution in [1.82, 2.24) is 5.32 Å². The molecule has 0 radical (unpaired) electrons. The number of aliphatic hydroxyl groups is 1. The number of amides is 1. The second kappa shape index (κ2) is 7.66. The Kier molecular flexibility index (Phi) is 6.18. The Morgan fingerprint density at radius 1 is 1.58 bits per heavy atom. The van der Waals surface area contributed by atoms with Gasteiger partial charge in [-0.1, -0.05) is 17.7 Å². The third-order valence-corrected chi connectivity index (χ3v) is 2.54. The highest BCUT2D eigenvalue weighted by Gasteiger charge is 2.13. The van der Waals surface area contributed by atoms with Gasteiger partial charge in [0.1, 0.15) is 0 Å². The summed E-state index contributed by atoms with van der Waals surface area (Å²) in [6.07, 6.45) is 1.57. The second-order valence-electron chi connectivity index (χ2n) is 3.65. The summed E-state index contributed by atoms with van der Waals surface area (Å²) in [5, 5.41) is 11.9. The molecule has 1 aromatic carbocycles. The van der Waals surface area contributed by atoms with Gasteiger partial charge in [-0.05, 0) is 17.7 Å². The lowest BCUT2D eigenvalue weighted by Crippen LogP contribution is -2.28. The second-order valence-corrected chi connectivity index (χ2v) is 4.06. The highest BCUT2D eigenvalue weighted by Crippen LogP contribution is 2.36. The molecule has 6 heteroatoms. The molecule has 0 atom stereocenters. The fraction of sp³-hybridized carbons (Fsp3) is 0.308. The molecule has 1 aromatic rings. The fourth-order valence-corrected chi connectivity index (χ4v) is 1.67. The molecule has 5 nitrogen and oxygen atoms in total. The third kappa shape index (κ3) is 4.46. The zero-order valence-electron chi connectivity index (χ0n) is 10.6. The van der Waals surface area contributed by atoms with Gasteiger partial charge in [-0.15, -0.1) is 6.58 Å². The number of hydrogen-bond donors (Lipinski definition) is 2. The Bertz CT molecular complexity index is 462. The molecule has 0 saturated carbocycles. The van der Waals surface area contributed by atoms with Crippen LogP contribution in [0.3, 0.4) is 0 Å². The summed E-state index contributed by atoms with van der Waals surface area (Å²) in [6.45, 7) is 3.53. The molecule has 1 amide bonds. The smallest absolute Gasteiger partial charge is 0.258 e. The van der Waals surface area contributed by atoms with Crippen LogP contribution in [-0.2, 0) is 11.4 Å². The van der Waals surface area contributed by atoms with Crippen molar-refractivity contribution in [2.75, 3.05) is 20.3 Å². The van der Waals surface area contributed by atoms with Gasteiger partial charge >= 0.3 is 0 Å². The number of benzene rings is 1. The van der Waals surface area contributed by atoms with E-state index in [9.17, 15) is 4.79 Å². The van der Waals surface area contributed by atoms with Crippen LogP contribution in [0.25, 0.3) is 0 Å². The molecule has 1 rings (SSSR count). The van der Waals surface area contributed by atoms with E-state index in [-0.39, 0.29) is 29.9 Å². The van der Waals surface area contributed by atoms with Crippen LogP contribution in [0.5, 0.6) is 11.5 Å². The minimum absolute atomic E-state index is 0.157. The Morgan fingerprint density at radius 3 is 2.89 bits per heavy atom. The van der Waals surface area contributed by atoms with Crippen molar-refractivity contribution in [2.45, 2.75) is 6.61 Å². The summed E-state index contributed by atoms with van der Waals surface area (Å²) in [7, 11) is 1.46. The van der Waals surface area contributed by atoms with E-state index < -0.39 is 0 Å². The first kappa shape index (κ1) is 15.3. The van der Waals surface area contributed by atoms with Crippen molar-refractivity contribution in [2.24, 2.45) is 0 Å². The van der Waals surface area contributed by atoms with Gasteiger partial charge in [-0.3, -0.25) is 4.79 Å². The van der Waals surface area contributed by atoms with Gasteiger partial charge in [0.15, 0.2) is 18.1 Å². The van der Waals surface area contributed by atoms with Gasteiger partial charge in [0.05, 0.1) is 18.7 Å². The maximum Gasteiger partial charge on any atom is 0.258 e. The standard InChI is InChI=1S/C13H16ClNO4/c1-3-4-15-12(17)8-19-13-10(14)5-9(7-16)6-11(13)18-2/h3,5-6,16H,1,4,7-8H2,2H3,(H,15,17). The number of ether oxygens (including phenoxy) is 2. The molecule has 0 spiro atoms. The number of methoxy groups -OCH3 is 1. The summed E-state index contributed by atoms with van der Waals surface area (Å²) in [5.41, 5.74) is 0.602. The molecule has 0 bridgehead atoms. The lowest BCUT2D eigenvalue weighted by Gasteiger charge is -2.13. The lowest BCUT2D eigenvalue weighted by molar-refractivity contribution is -0.122. The molecule has 0 aliphatic carbocycles. The number of carbonyl (C=O) groups is 1. The summed E-state index contributed by atoms with van der Waals surface area (Å²) in [4.78, 5) is 11.4. The van der Waals surface area contributed by atoms with E-state index in [1.54, 1.807) is 18.2 Å². The van der Waals surface area contributed by atoms with Gasteiger partial charge < -0.3 is 19.9 Å². The molecule has 0 saturated heterocycles. The first-order valence-electron chi connectivity index (χ1n) is 5.60. The SMILES string of the molecule is C=CCNC(=O)COc1c(Cl)cc(CO)cc1OC. The first-order valence-corrected chi connectivity index (χ1v) is 5.97. The van der Waals surface area contributed by atoms with E-state index in [0.717, 1.165) is 0 Å². The number of carbonyl (C=O) groups excluding carboxylic acids is 1. The van der Waals surface area contributed by atoms with Crippen molar-refractivity contribution in [3.8, 4) is 11.5 Å². The highest BCUT2D eigenvalue weighted by molar-refractivity contribution is 6.32. The number of aliphatic hydroxyl groups excluding tert-OH is 1. The van der Waals surface area contributed by atoms with E-state index in [4.69, 9.17) is 26.2 Å². The zero-order chi connectivity index (χ0) is 14.3. The van der Waals surface area contributed by atoms with Crippen LogP contribution < -0.4 is 14.8 Å². The molecule has 0 unspecified atom stereocenters. The molecule has 0 aliphatic rings. The molecule has 0 aliphatic heterocycles. The maximum absolute atomic E-state index is 11.4. The minimum Gasteiger partial charge on any atom is -0.493 e. The number of halogens is 1. The van der Waals surface area contributed by atoms with E-state index >= 15 is 0 Å². The minimum atomic E-state index is -0.288. The van der Waals surface area contributed by atoms with Crippen LogP contribution in [0.2, 0.25) is 5.02 Å². The van der Waals surface area contributed by atoms with Gasteiger partial charge in [-0.25, -0.2) is 0 Å². The van der Waals surface area contributed by atoms with Crippen LogP contribution in [0.4, 0.5) is 0 Å². The Morgan fingerprint density at radius 2 is 2.32 bits per heavy atom. The molecule has 2 N–H and O–H groups in total. The zero-order valence-corrected chi connectivity index (χ0v) is 11.4. The van der Waals surface area contributed by atoms with Crippen LogP contribution in [0.15, 0.2) is 24.8 Å². The van der Waals surface area contributed by atoms with Crippen LogP contribution >= 0.6 is 11.6 Å². The third-order valence-electron chi connectivity index (χ3n) is 2.26. The van der Waals surface area contributed by atoms with E-state index in [0.29, 0.717) is 17.9 Å². The summed E-state index contributed by atoms with van der Waals surface area (Å²) in [6, 6.07) is 3.16. The average Bonchev–Trinajstić information content (AvgIpc) is 2.42. The van der Waals surface area contributed by atoms with Crippen molar-refractivity contribution >= 4 is 17.5 Å². The lowest BCUT2D eigenvalue weighted by atomic mass is 10.2. The van der Waals surface area contributed by atoms with Crippen molar-refractivity contribution in [1.29, 1.82) is 0 Å². The quantitative estimate of drug-likeness (QED) is 0.746. The van der Waals surface area contributed by atoms with Gasteiger partial charge in [-0.2, -0.15) is 0 Å². The number of rotatable bonds is 7. The van der Waals surface area contributed by atoms with E-state index in [1.165, 1.54) is 7.11 Å². The molecule has 19 heavy (non-hydrogen) atoms. The van der Waals surface area contributed by atoms with Crippen LogP contribution in [0.1, 0.15) is 5.56 Å². The van der Waals surface area contributed by atoms with Crippen molar-refractivity contribution in [3.63, 3.8) is 0 Å². The van der Waals surface area contributed by atoms with Gasteiger partial charge in [0, 0.05) is 6.54 Å². The fourth-order valence-electron chi connectivity index (χ4n) is 1.38. The molecular weight excluding hydrogens is 270 g/mol. The summed E-state index contributed by atoms with van der Waals surface area (Å²) < 4.78 is 10.4.